The lowest BCUT2D eigenvalue weighted by atomic mass is 9.80. The van der Waals surface area contributed by atoms with Gasteiger partial charge < -0.3 is 28.8 Å². The van der Waals surface area contributed by atoms with Crippen molar-refractivity contribution < 1.29 is 56.3 Å². The predicted octanol–water partition coefficient (Wildman–Crippen LogP) is 2.77. The molecule has 198 valence electrons. The first-order chi connectivity index (χ1) is 17.5. The van der Waals surface area contributed by atoms with Gasteiger partial charge in [-0.1, -0.05) is 42.5 Å². The average Bonchev–Trinajstić information content (AvgIpc) is 2.86. The number of rotatable bonds is 5. The standard InChI is InChI=1S/C25H23F3O9/c1-14(29)36-17-11-6-10-16-18(17)24(34-12-7-13-35-24)21(31)20(19(16)30)37-22(32)23(33-2,25(26,27)28)15-8-4-3-5-9-15/h3-6,8-11,20-21,31H,7,12-13H2,1-2H3/t20-,21-,23+/m1/s1. The maximum Gasteiger partial charge on any atom is 0.432 e. The second-order valence-electron chi connectivity index (χ2n) is 8.37. The van der Waals surface area contributed by atoms with Gasteiger partial charge in [0.15, 0.2) is 12.2 Å². The van der Waals surface area contributed by atoms with Gasteiger partial charge in [0, 0.05) is 25.2 Å². The summed E-state index contributed by atoms with van der Waals surface area (Å²) >= 11 is 0. The highest BCUT2D eigenvalue weighted by atomic mass is 19.4. The average molecular weight is 524 g/mol. The summed E-state index contributed by atoms with van der Waals surface area (Å²) in [6, 6.07) is 9.98. The Kier molecular flexibility index (Phi) is 7.12. The van der Waals surface area contributed by atoms with E-state index in [4.69, 9.17) is 23.7 Å². The van der Waals surface area contributed by atoms with Crippen LogP contribution in [0.3, 0.4) is 0 Å². The Bertz CT molecular complexity index is 1190. The van der Waals surface area contributed by atoms with Crippen molar-refractivity contribution in [3.05, 3.63) is 65.2 Å². The number of carbonyl (C=O) groups excluding carboxylic acids is 3. The molecule has 9 nitrogen and oxygen atoms in total. The van der Waals surface area contributed by atoms with Gasteiger partial charge in [-0.3, -0.25) is 9.59 Å². The third-order valence-electron chi connectivity index (χ3n) is 6.16. The zero-order valence-electron chi connectivity index (χ0n) is 19.7. The third-order valence-corrected chi connectivity index (χ3v) is 6.16. The molecule has 3 atom stereocenters. The van der Waals surface area contributed by atoms with Crippen LogP contribution < -0.4 is 4.74 Å². The molecule has 1 saturated heterocycles. The Morgan fingerprint density at radius 2 is 1.70 bits per heavy atom. The minimum atomic E-state index is -5.31. The molecule has 0 radical (unpaired) electrons. The molecule has 12 heteroatoms. The number of carbonyl (C=O) groups is 3. The SMILES string of the molecule is CO[C@](C(=O)O[C@@H]1C(=O)c2cccc(OC(C)=O)c2C2(OCCCO2)[C@@H]1O)(c1ccccc1)C(F)(F)F. The van der Waals surface area contributed by atoms with Gasteiger partial charge in [0.2, 0.25) is 11.6 Å². The van der Waals surface area contributed by atoms with E-state index in [1.54, 1.807) is 0 Å². The van der Waals surface area contributed by atoms with Crippen molar-refractivity contribution in [1.29, 1.82) is 0 Å². The van der Waals surface area contributed by atoms with Gasteiger partial charge in [-0.05, 0) is 12.5 Å². The van der Waals surface area contributed by atoms with Crippen molar-refractivity contribution in [2.24, 2.45) is 0 Å². The molecule has 1 aliphatic heterocycles. The third kappa shape index (κ3) is 4.29. The van der Waals surface area contributed by atoms with Crippen molar-refractivity contribution in [3.63, 3.8) is 0 Å². The number of ether oxygens (including phenoxy) is 5. The maximum absolute atomic E-state index is 14.4. The van der Waals surface area contributed by atoms with Gasteiger partial charge in [0.05, 0.1) is 18.8 Å². The minimum absolute atomic E-state index is 0.0222. The van der Waals surface area contributed by atoms with Crippen molar-refractivity contribution in [3.8, 4) is 5.75 Å². The number of Topliss-reactive ketones (excluding diaryl/α,β-unsaturated/α-hetero) is 1. The van der Waals surface area contributed by atoms with Gasteiger partial charge in [-0.2, -0.15) is 13.2 Å². The van der Waals surface area contributed by atoms with E-state index >= 15 is 0 Å². The van der Waals surface area contributed by atoms with Crippen LogP contribution in [0, 0.1) is 0 Å². The molecule has 0 bridgehead atoms. The van der Waals surface area contributed by atoms with Crippen molar-refractivity contribution in [2.75, 3.05) is 20.3 Å². The highest BCUT2D eigenvalue weighted by Crippen LogP contribution is 2.48. The van der Waals surface area contributed by atoms with Crippen LogP contribution in [0.4, 0.5) is 13.2 Å². The smallest absolute Gasteiger partial charge is 0.432 e. The summed E-state index contributed by atoms with van der Waals surface area (Å²) in [5.74, 6) is -6.09. The summed E-state index contributed by atoms with van der Waals surface area (Å²) in [6.07, 6.45) is -9.20. The lowest BCUT2D eigenvalue weighted by Gasteiger charge is -2.46. The zero-order valence-corrected chi connectivity index (χ0v) is 19.7. The van der Waals surface area contributed by atoms with Gasteiger partial charge in [0.1, 0.15) is 5.75 Å². The molecule has 2 aromatic carbocycles. The molecule has 1 N–H and O–H groups in total. The van der Waals surface area contributed by atoms with E-state index in [2.05, 4.69) is 0 Å². The van der Waals surface area contributed by atoms with Crippen LogP contribution in [0.15, 0.2) is 48.5 Å². The first kappa shape index (κ1) is 26.7. The van der Waals surface area contributed by atoms with E-state index in [0.29, 0.717) is 13.5 Å². The number of methoxy groups -OCH3 is 1. The maximum atomic E-state index is 14.4. The molecule has 0 unspecified atom stereocenters. The molecule has 2 aromatic rings. The Labute approximate surface area is 209 Å². The normalized spacial score (nSPS) is 22.6. The van der Waals surface area contributed by atoms with Gasteiger partial charge in [-0.15, -0.1) is 0 Å². The number of aliphatic hydroxyl groups is 1. The summed E-state index contributed by atoms with van der Waals surface area (Å²) in [6.45, 7) is 1.16. The summed E-state index contributed by atoms with van der Waals surface area (Å²) in [5.41, 5.74) is -4.55. The predicted molar refractivity (Wildman–Crippen MR) is 117 cm³/mol. The number of halogens is 3. The molecule has 1 spiro atoms. The van der Waals surface area contributed by atoms with Crippen LogP contribution in [0.2, 0.25) is 0 Å². The Balaban J connectivity index is 1.82. The lowest BCUT2D eigenvalue weighted by molar-refractivity contribution is -0.332. The van der Waals surface area contributed by atoms with E-state index in [-0.39, 0.29) is 30.1 Å². The number of esters is 2. The fraction of sp³-hybridized carbons (Fsp3) is 0.400. The number of hydrogen-bond acceptors (Lipinski definition) is 9. The van der Waals surface area contributed by atoms with Crippen LogP contribution in [-0.4, -0.2) is 61.5 Å². The van der Waals surface area contributed by atoms with E-state index in [0.717, 1.165) is 19.1 Å². The molecule has 0 aromatic heterocycles. The molecule has 0 amide bonds. The number of ketones is 1. The number of benzene rings is 2. The molecule has 37 heavy (non-hydrogen) atoms. The topological polar surface area (TPSA) is 118 Å². The molecular formula is C25H23F3O9. The van der Waals surface area contributed by atoms with Crippen LogP contribution in [-0.2, 0) is 39.9 Å². The quantitative estimate of drug-likeness (QED) is 0.465. The Hall–Kier alpha value is -3.32. The first-order valence-corrected chi connectivity index (χ1v) is 11.2. The van der Waals surface area contributed by atoms with Crippen molar-refractivity contribution in [1.82, 2.24) is 0 Å². The first-order valence-electron chi connectivity index (χ1n) is 11.2. The zero-order chi connectivity index (χ0) is 27.0. The monoisotopic (exact) mass is 524 g/mol. The Morgan fingerprint density at radius 3 is 2.27 bits per heavy atom. The lowest BCUT2D eigenvalue weighted by Crippen LogP contribution is -2.61. The van der Waals surface area contributed by atoms with Crippen LogP contribution in [0.1, 0.15) is 34.8 Å². The van der Waals surface area contributed by atoms with Gasteiger partial charge in [-0.25, -0.2) is 4.79 Å². The molecule has 1 heterocycles. The summed E-state index contributed by atoms with van der Waals surface area (Å²) < 4.78 is 69.5. The van der Waals surface area contributed by atoms with Gasteiger partial charge >= 0.3 is 18.1 Å². The Morgan fingerprint density at radius 1 is 1.05 bits per heavy atom. The summed E-state index contributed by atoms with van der Waals surface area (Å²) in [5, 5.41) is 11.3. The van der Waals surface area contributed by atoms with Crippen molar-refractivity contribution in [2.45, 2.75) is 43.1 Å². The van der Waals surface area contributed by atoms with Gasteiger partial charge in [0.25, 0.3) is 5.60 Å². The van der Waals surface area contributed by atoms with Crippen LogP contribution in [0.25, 0.3) is 0 Å². The molecule has 1 aliphatic carbocycles. The van der Waals surface area contributed by atoms with Crippen LogP contribution in [0.5, 0.6) is 5.75 Å². The number of aliphatic hydroxyl groups excluding tert-OH is 1. The summed E-state index contributed by atoms with van der Waals surface area (Å²) in [4.78, 5) is 38.3. The van der Waals surface area contributed by atoms with Crippen molar-refractivity contribution >= 4 is 17.7 Å². The summed E-state index contributed by atoms with van der Waals surface area (Å²) in [7, 11) is 0.677. The minimum Gasteiger partial charge on any atom is -0.448 e. The van der Waals surface area contributed by atoms with E-state index in [1.807, 2.05) is 0 Å². The number of hydrogen-bond donors (Lipinski definition) is 1. The van der Waals surface area contributed by atoms with Crippen LogP contribution >= 0.6 is 0 Å². The molecule has 1 fully saturated rings. The molecule has 0 saturated carbocycles. The molecular weight excluding hydrogens is 501 g/mol. The fourth-order valence-electron chi connectivity index (χ4n) is 4.55. The van der Waals surface area contributed by atoms with E-state index < -0.39 is 53.1 Å². The molecule has 4 rings (SSSR count). The highest BCUT2D eigenvalue weighted by Gasteiger charge is 2.66. The highest BCUT2D eigenvalue weighted by molar-refractivity contribution is 6.05. The van der Waals surface area contributed by atoms with E-state index in [9.17, 15) is 32.7 Å². The fourth-order valence-corrected chi connectivity index (χ4v) is 4.55. The number of alkyl halides is 3. The van der Waals surface area contributed by atoms with E-state index in [1.165, 1.54) is 36.4 Å². The second kappa shape index (κ2) is 9.86. The molecule has 2 aliphatic rings. The number of fused-ring (bicyclic) bond motifs is 2. The largest absolute Gasteiger partial charge is 0.448 e. The second-order valence-corrected chi connectivity index (χ2v) is 8.37.